The van der Waals surface area contributed by atoms with Crippen molar-refractivity contribution in [3.8, 4) is 12.3 Å². The maximum atomic E-state index is 10.1. The minimum absolute atomic E-state index is 0.180. The van der Waals surface area contributed by atoms with Gasteiger partial charge in [0.2, 0.25) is 0 Å². The van der Waals surface area contributed by atoms with Gasteiger partial charge in [-0.05, 0) is 0 Å². The zero-order valence-corrected chi connectivity index (χ0v) is 5.41. The highest BCUT2D eigenvalue weighted by molar-refractivity contribution is 5.64. The summed E-state index contributed by atoms with van der Waals surface area (Å²) in [6.45, 7) is -0.298. The summed E-state index contributed by atoms with van der Waals surface area (Å²) in [7, 11) is 0. The summed E-state index contributed by atoms with van der Waals surface area (Å²) in [5.74, 6) is 2.23. The Labute approximate surface area is 59.0 Å². The molecule has 0 aliphatic rings. The van der Waals surface area contributed by atoms with Crippen LogP contribution in [-0.4, -0.2) is 23.9 Å². The Morgan fingerprint density at radius 3 is 2.80 bits per heavy atom. The minimum Gasteiger partial charge on any atom is -0.443 e. The average Bonchev–Trinajstić information content (AvgIpc) is 1.86. The van der Waals surface area contributed by atoms with Crippen molar-refractivity contribution >= 4 is 6.09 Å². The van der Waals surface area contributed by atoms with Crippen LogP contribution < -0.4 is 5.73 Å². The van der Waals surface area contributed by atoms with Crippen LogP contribution in [0, 0.1) is 12.3 Å². The number of terminal acetylenes is 1. The number of nitrogens with two attached hydrogens (primary N) is 1. The van der Waals surface area contributed by atoms with Crippen molar-refractivity contribution in [2.75, 3.05) is 6.61 Å². The number of amides is 1. The predicted molar refractivity (Wildman–Crippen MR) is 35.0 cm³/mol. The molecule has 0 radical (unpaired) electrons. The number of aliphatic hydroxyl groups excluding tert-OH is 1. The van der Waals surface area contributed by atoms with Gasteiger partial charge in [0, 0.05) is 6.42 Å². The van der Waals surface area contributed by atoms with Gasteiger partial charge in [0.25, 0.3) is 0 Å². The highest BCUT2D eigenvalue weighted by atomic mass is 16.6. The highest BCUT2D eigenvalue weighted by Crippen LogP contribution is 1.94. The van der Waals surface area contributed by atoms with Crippen LogP contribution >= 0.6 is 0 Å². The molecule has 4 heteroatoms. The maximum Gasteiger partial charge on any atom is 0.404 e. The predicted octanol–water partition coefficient (Wildman–Crippen LogP) is -0.534. The third-order valence-corrected chi connectivity index (χ3v) is 0.832. The van der Waals surface area contributed by atoms with Crippen LogP contribution in [-0.2, 0) is 4.74 Å². The first-order valence-electron chi connectivity index (χ1n) is 2.71. The van der Waals surface area contributed by atoms with E-state index in [-0.39, 0.29) is 13.0 Å². The Morgan fingerprint density at radius 1 is 1.90 bits per heavy atom. The standard InChI is InChI=1S/C6H9NO3/c1-2-3-5(4-8)10-6(7)9/h1,5,8H,3-4H2,(H2,7,9)/t5-/m0/s1. The molecule has 0 fully saturated rings. The number of rotatable bonds is 3. The van der Waals surface area contributed by atoms with E-state index in [0.717, 1.165) is 0 Å². The smallest absolute Gasteiger partial charge is 0.404 e. The zero-order chi connectivity index (χ0) is 7.98. The van der Waals surface area contributed by atoms with E-state index >= 15 is 0 Å². The third-order valence-electron chi connectivity index (χ3n) is 0.832. The minimum atomic E-state index is -0.922. The van der Waals surface area contributed by atoms with Crippen LogP contribution in [0.4, 0.5) is 4.79 Å². The van der Waals surface area contributed by atoms with Crippen molar-refractivity contribution in [2.24, 2.45) is 5.73 Å². The molecule has 0 rings (SSSR count). The fourth-order valence-corrected chi connectivity index (χ4v) is 0.439. The molecule has 10 heavy (non-hydrogen) atoms. The Balaban J connectivity index is 3.62. The average molecular weight is 143 g/mol. The van der Waals surface area contributed by atoms with Gasteiger partial charge in [-0.25, -0.2) is 4.79 Å². The molecule has 0 aliphatic heterocycles. The fourth-order valence-electron chi connectivity index (χ4n) is 0.439. The molecule has 4 nitrogen and oxygen atoms in total. The van der Waals surface area contributed by atoms with Crippen molar-refractivity contribution in [1.82, 2.24) is 0 Å². The lowest BCUT2D eigenvalue weighted by Gasteiger charge is -2.09. The zero-order valence-electron chi connectivity index (χ0n) is 5.41. The molecule has 1 amide bonds. The number of carbonyl (C=O) groups excluding carboxylic acids is 1. The molecule has 0 aromatic rings. The van der Waals surface area contributed by atoms with Gasteiger partial charge < -0.3 is 15.6 Å². The Morgan fingerprint density at radius 2 is 2.50 bits per heavy atom. The number of primary amides is 1. The summed E-state index contributed by atoms with van der Waals surface area (Å²) in [6, 6.07) is 0. The number of ether oxygens (including phenoxy) is 1. The van der Waals surface area contributed by atoms with E-state index in [2.05, 4.69) is 16.4 Å². The molecule has 1 atom stereocenters. The van der Waals surface area contributed by atoms with Crippen LogP contribution in [0.25, 0.3) is 0 Å². The van der Waals surface area contributed by atoms with Gasteiger partial charge in [-0.1, -0.05) is 0 Å². The summed E-state index contributed by atoms with van der Waals surface area (Å²) >= 11 is 0. The molecule has 0 aromatic heterocycles. The Kier molecular flexibility index (Phi) is 4.09. The highest BCUT2D eigenvalue weighted by Gasteiger charge is 2.08. The lowest BCUT2D eigenvalue weighted by atomic mass is 10.3. The Bertz CT molecular complexity index is 150. The summed E-state index contributed by atoms with van der Waals surface area (Å²) in [4.78, 5) is 10.1. The van der Waals surface area contributed by atoms with E-state index in [1.54, 1.807) is 0 Å². The molecule has 0 saturated heterocycles. The van der Waals surface area contributed by atoms with Gasteiger partial charge in [0.15, 0.2) is 0 Å². The maximum absolute atomic E-state index is 10.1. The monoisotopic (exact) mass is 143 g/mol. The summed E-state index contributed by atoms with van der Waals surface area (Å²) in [6.07, 6.45) is 3.48. The summed E-state index contributed by atoms with van der Waals surface area (Å²) in [5.41, 5.74) is 4.66. The van der Waals surface area contributed by atoms with Crippen molar-refractivity contribution < 1.29 is 14.6 Å². The largest absolute Gasteiger partial charge is 0.443 e. The van der Waals surface area contributed by atoms with E-state index in [1.807, 2.05) is 0 Å². The first-order chi connectivity index (χ1) is 4.70. The molecule has 0 spiro atoms. The van der Waals surface area contributed by atoms with E-state index in [9.17, 15) is 4.79 Å². The lowest BCUT2D eigenvalue weighted by Crippen LogP contribution is -2.25. The topological polar surface area (TPSA) is 72.6 Å². The van der Waals surface area contributed by atoms with Crippen molar-refractivity contribution in [3.63, 3.8) is 0 Å². The SMILES string of the molecule is C#CC[C@@H](CO)OC(N)=O. The normalized spacial score (nSPS) is 11.6. The summed E-state index contributed by atoms with van der Waals surface area (Å²) < 4.78 is 4.39. The first-order valence-corrected chi connectivity index (χ1v) is 2.71. The molecule has 0 aromatic carbocycles. The van der Waals surface area contributed by atoms with Crippen LogP contribution in [0.3, 0.4) is 0 Å². The lowest BCUT2D eigenvalue weighted by molar-refractivity contribution is 0.0667. The van der Waals surface area contributed by atoms with Crippen LogP contribution in [0.2, 0.25) is 0 Å². The molecule has 3 N–H and O–H groups in total. The number of hydrogen-bond acceptors (Lipinski definition) is 3. The quantitative estimate of drug-likeness (QED) is 0.521. The van der Waals surface area contributed by atoms with Gasteiger partial charge in [-0.3, -0.25) is 0 Å². The number of hydrogen-bond donors (Lipinski definition) is 2. The second-order valence-corrected chi connectivity index (χ2v) is 1.65. The van der Waals surface area contributed by atoms with Crippen molar-refractivity contribution in [2.45, 2.75) is 12.5 Å². The Hall–Kier alpha value is -1.21. The van der Waals surface area contributed by atoms with E-state index < -0.39 is 12.2 Å². The third kappa shape index (κ3) is 3.75. The van der Waals surface area contributed by atoms with E-state index in [1.165, 1.54) is 0 Å². The summed E-state index contributed by atoms with van der Waals surface area (Å²) in [5, 5.41) is 8.48. The molecule has 0 aliphatic carbocycles. The van der Waals surface area contributed by atoms with Gasteiger partial charge in [-0.2, -0.15) is 0 Å². The molecule has 0 bridgehead atoms. The van der Waals surface area contributed by atoms with Crippen LogP contribution in [0.1, 0.15) is 6.42 Å². The fraction of sp³-hybridized carbons (Fsp3) is 0.500. The second kappa shape index (κ2) is 4.65. The van der Waals surface area contributed by atoms with E-state index in [4.69, 9.17) is 11.5 Å². The van der Waals surface area contributed by atoms with Crippen LogP contribution in [0.15, 0.2) is 0 Å². The number of carbonyl (C=O) groups is 1. The molecule has 56 valence electrons. The first kappa shape index (κ1) is 8.79. The second-order valence-electron chi connectivity index (χ2n) is 1.65. The van der Waals surface area contributed by atoms with Gasteiger partial charge in [-0.15, -0.1) is 12.3 Å². The molecular weight excluding hydrogens is 134 g/mol. The molecule has 0 saturated carbocycles. The van der Waals surface area contributed by atoms with Gasteiger partial charge in [0.05, 0.1) is 6.61 Å². The van der Waals surface area contributed by atoms with Gasteiger partial charge in [0.1, 0.15) is 6.10 Å². The van der Waals surface area contributed by atoms with Gasteiger partial charge >= 0.3 is 6.09 Å². The van der Waals surface area contributed by atoms with Crippen molar-refractivity contribution in [1.29, 1.82) is 0 Å². The molecule has 0 unspecified atom stereocenters. The van der Waals surface area contributed by atoms with Crippen LogP contribution in [0.5, 0.6) is 0 Å². The number of aliphatic hydroxyl groups is 1. The van der Waals surface area contributed by atoms with Crippen molar-refractivity contribution in [3.05, 3.63) is 0 Å². The molecular formula is C6H9NO3. The molecule has 0 heterocycles. The van der Waals surface area contributed by atoms with E-state index in [0.29, 0.717) is 0 Å².